The van der Waals surface area contributed by atoms with Gasteiger partial charge in [0.05, 0.1) is 37.4 Å². The van der Waals surface area contributed by atoms with Gasteiger partial charge in [-0.15, -0.1) is 0 Å². The monoisotopic (exact) mass is 288 g/mol. The van der Waals surface area contributed by atoms with Gasteiger partial charge >= 0.3 is 0 Å². The Morgan fingerprint density at radius 2 is 1.89 bits per heavy atom. The van der Waals surface area contributed by atoms with E-state index in [0.717, 1.165) is 0 Å². The van der Waals surface area contributed by atoms with Crippen LogP contribution >= 0.6 is 0 Å². The standard InChI is InChI=1S/C13H20O5S/c1-2-17-12-5-3-4-6-13(12)18-7-8-19(16)10-11(15)9-14/h3-6,11,14-15H,2,7-10H2,1H3. The third kappa shape index (κ3) is 6.04. The van der Waals surface area contributed by atoms with E-state index in [4.69, 9.17) is 19.7 Å². The second-order valence-corrected chi connectivity index (χ2v) is 5.50. The lowest BCUT2D eigenvalue weighted by Gasteiger charge is -2.12. The summed E-state index contributed by atoms with van der Waals surface area (Å²) in [6.07, 6.45) is -0.934. The van der Waals surface area contributed by atoms with Gasteiger partial charge in [0.15, 0.2) is 11.5 Å². The van der Waals surface area contributed by atoms with E-state index < -0.39 is 16.9 Å². The van der Waals surface area contributed by atoms with Crippen LogP contribution in [0.15, 0.2) is 24.3 Å². The molecule has 0 fully saturated rings. The van der Waals surface area contributed by atoms with Gasteiger partial charge < -0.3 is 19.7 Å². The van der Waals surface area contributed by atoms with Gasteiger partial charge in [-0.1, -0.05) is 12.1 Å². The number of aliphatic hydroxyl groups excluding tert-OH is 2. The summed E-state index contributed by atoms with van der Waals surface area (Å²) in [6.45, 7) is 2.34. The first-order valence-electron chi connectivity index (χ1n) is 6.15. The minimum absolute atomic E-state index is 0.0625. The van der Waals surface area contributed by atoms with Gasteiger partial charge in [-0.3, -0.25) is 4.21 Å². The first-order chi connectivity index (χ1) is 9.17. The minimum atomic E-state index is -1.21. The highest BCUT2D eigenvalue weighted by atomic mass is 32.2. The highest BCUT2D eigenvalue weighted by Gasteiger charge is 2.09. The molecule has 5 nitrogen and oxygen atoms in total. The van der Waals surface area contributed by atoms with Crippen LogP contribution < -0.4 is 9.47 Å². The molecule has 108 valence electrons. The Kier molecular flexibility index (Phi) is 7.47. The average molecular weight is 288 g/mol. The summed E-state index contributed by atoms with van der Waals surface area (Å²) in [5.74, 6) is 1.64. The number of ether oxygens (including phenoxy) is 2. The summed E-state index contributed by atoms with van der Waals surface area (Å²) >= 11 is 0. The van der Waals surface area contributed by atoms with Gasteiger partial charge in [0, 0.05) is 10.8 Å². The van der Waals surface area contributed by atoms with Crippen molar-refractivity contribution >= 4 is 10.8 Å². The number of aliphatic hydroxyl groups is 2. The molecule has 0 spiro atoms. The predicted octanol–water partition coefficient (Wildman–Crippen LogP) is 0.566. The van der Waals surface area contributed by atoms with E-state index in [2.05, 4.69) is 0 Å². The zero-order valence-corrected chi connectivity index (χ0v) is 11.8. The second kappa shape index (κ2) is 8.90. The average Bonchev–Trinajstić information content (AvgIpc) is 2.41. The number of benzene rings is 1. The summed E-state index contributed by atoms with van der Waals surface area (Å²) in [4.78, 5) is 0. The molecule has 1 aromatic carbocycles. The Balaban J connectivity index is 2.38. The highest BCUT2D eigenvalue weighted by Crippen LogP contribution is 2.26. The molecule has 0 bridgehead atoms. The van der Waals surface area contributed by atoms with Crippen molar-refractivity contribution in [2.24, 2.45) is 0 Å². The highest BCUT2D eigenvalue weighted by molar-refractivity contribution is 7.85. The zero-order chi connectivity index (χ0) is 14.1. The lowest BCUT2D eigenvalue weighted by atomic mass is 10.3. The van der Waals surface area contributed by atoms with E-state index in [0.29, 0.717) is 23.9 Å². The van der Waals surface area contributed by atoms with E-state index in [1.54, 1.807) is 6.07 Å². The van der Waals surface area contributed by atoms with E-state index in [1.165, 1.54) is 0 Å². The molecule has 0 aliphatic carbocycles. The first-order valence-corrected chi connectivity index (χ1v) is 7.64. The van der Waals surface area contributed by atoms with Crippen LogP contribution in [-0.2, 0) is 10.8 Å². The normalized spacial score (nSPS) is 13.8. The SMILES string of the molecule is CCOc1ccccc1OCCS(=O)CC(O)CO. The van der Waals surface area contributed by atoms with Crippen molar-refractivity contribution in [3.63, 3.8) is 0 Å². The summed E-state index contributed by atoms with van der Waals surface area (Å²) in [5.41, 5.74) is 0. The second-order valence-electron chi connectivity index (χ2n) is 3.88. The maximum Gasteiger partial charge on any atom is 0.161 e. The van der Waals surface area contributed by atoms with Crippen molar-refractivity contribution in [2.75, 3.05) is 31.3 Å². The summed E-state index contributed by atoms with van der Waals surface area (Å²) in [7, 11) is -1.21. The molecular formula is C13H20O5S. The topological polar surface area (TPSA) is 76.0 Å². The van der Waals surface area contributed by atoms with Crippen molar-refractivity contribution in [3.05, 3.63) is 24.3 Å². The van der Waals surface area contributed by atoms with Crippen LogP contribution in [0.3, 0.4) is 0 Å². The molecule has 2 atom stereocenters. The number of para-hydroxylation sites is 2. The van der Waals surface area contributed by atoms with Crippen LogP contribution in [0.5, 0.6) is 11.5 Å². The van der Waals surface area contributed by atoms with Crippen molar-refractivity contribution < 1.29 is 23.9 Å². The largest absolute Gasteiger partial charge is 0.490 e. The van der Waals surface area contributed by atoms with E-state index in [9.17, 15) is 4.21 Å². The third-order valence-electron chi connectivity index (χ3n) is 2.31. The molecule has 6 heteroatoms. The van der Waals surface area contributed by atoms with Crippen molar-refractivity contribution in [3.8, 4) is 11.5 Å². The Hall–Kier alpha value is -1.11. The predicted molar refractivity (Wildman–Crippen MR) is 74.1 cm³/mol. The summed E-state index contributed by atoms with van der Waals surface area (Å²) in [5, 5.41) is 17.8. The van der Waals surface area contributed by atoms with Crippen LogP contribution in [0.25, 0.3) is 0 Å². The van der Waals surface area contributed by atoms with Gasteiger partial charge in [0.1, 0.15) is 0 Å². The number of hydrogen-bond donors (Lipinski definition) is 2. The fraction of sp³-hybridized carbons (Fsp3) is 0.538. The molecule has 0 aromatic heterocycles. The molecule has 0 saturated carbocycles. The van der Waals surface area contributed by atoms with Gasteiger partial charge in [0.25, 0.3) is 0 Å². The maximum atomic E-state index is 11.5. The van der Waals surface area contributed by atoms with Crippen LogP contribution in [0.4, 0.5) is 0 Å². The molecule has 0 aliphatic heterocycles. The van der Waals surface area contributed by atoms with E-state index >= 15 is 0 Å². The fourth-order valence-electron chi connectivity index (χ4n) is 1.44. The fourth-order valence-corrected chi connectivity index (χ4v) is 2.41. The number of rotatable bonds is 9. The quantitative estimate of drug-likeness (QED) is 0.694. The molecule has 2 N–H and O–H groups in total. The van der Waals surface area contributed by atoms with Crippen molar-refractivity contribution in [2.45, 2.75) is 13.0 Å². The molecular weight excluding hydrogens is 268 g/mol. The van der Waals surface area contributed by atoms with Crippen molar-refractivity contribution in [1.29, 1.82) is 0 Å². The molecule has 0 saturated heterocycles. The lowest BCUT2D eigenvalue weighted by molar-refractivity contribution is 0.113. The van der Waals surface area contributed by atoms with Crippen LogP contribution in [0.1, 0.15) is 6.92 Å². The maximum absolute atomic E-state index is 11.5. The minimum Gasteiger partial charge on any atom is -0.490 e. The zero-order valence-electron chi connectivity index (χ0n) is 10.9. The molecule has 19 heavy (non-hydrogen) atoms. The molecule has 0 aliphatic rings. The molecule has 0 radical (unpaired) electrons. The first kappa shape index (κ1) is 15.9. The Labute approximate surface area is 115 Å². The molecule has 1 aromatic rings. The molecule has 2 unspecified atom stereocenters. The van der Waals surface area contributed by atoms with E-state index in [1.807, 2.05) is 25.1 Å². The van der Waals surface area contributed by atoms with Gasteiger partial charge in [-0.25, -0.2) is 0 Å². The molecule has 0 heterocycles. The van der Waals surface area contributed by atoms with Crippen LogP contribution in [0, 0.1) is 0 Å². The third-order valence-corrected chi connectivity index (χ3v) is 3.69. The van der Waals surface area contributed by atoms with Crippen LogP contribution in [0.2, 0.25) is 0 Å². The lowest BCUT2D eigenvalue weighted by Crippen LogP contribution is -2.23. The van der Waals surface area contributed by atoms with Crippen LogP contribution in [-0.4, -0.2) is 51.9 Å². The Morgan fingerprint density at radius 1 is 1.26 bits per heavy atom. The smallest absolute Gasteiger partial charge is 0.161 e. The summed E-state index contributed by atoms with van der Waals surface area (Å²) < 4.78 is 22.5. The molecule has 1 rings (SSSR count). The van der Waals surface area contributed by atoms with E-state index in [-0.39, 0.29) is 19.0 Å². The van der Waals surface area contributed by atoms with Gasteiger partial charge in [0.2, 0.25) is 0 Å². The van der Waals surface area contributed by atoms with Gasteiger partial charge in [-0.2, -0.15) is 0 Å². The molecule has 0 amide bonds. The number of hydrogen-bond acceptors (Lipinski definition) is 5. The van der Waals surface area contributed by atoms with Gasteiger partial charge in [-0.05, 0) is 19.1 Å². The Morgan fingerprint density at radius 3 is 2.47 bits per heavy atom. The summed E-state index contributed by atoms with van der Waals surface area (Å²) in [6, 6.07) is 7.29. The Bertz CT molecular complexity index is 396. The van der Waals surface area contributed by atoms with Crippen molar-refractivity contribution in [1.82, 2.24) is 0 Å².